The van der Waals surface area contributed by atoms with Gasteiger partial charge in [-0.2, -0.15) is 0 Å². The zero-order valence-corrected chi connectivity index (χ0v) is 10.9. The molecule has 3 rings (SSSR count). The Hall–Kier alpha value is -1.42. The molecule has 0 spiro atoms. The van der Waals surface area contributed by atoms with Crippen LogP contribution in [-0.2, 0) is 11.2 Å². The summed E-state index contributed by atoms with van der Waals surface area (Å²) < 4.78 is 13.3. The molecule has 0 bridgehead atoms. The minimum Gasteiger partial charge on any atom is -0.328 e. The Morgan fingerprint density at radius 3 is 3.00 bits per heavy atom. The number of fused-ring (bicyclic) bond motifs is 1. The van der Waals surface area contributed by atoms with Crippen LogP contribution in [0, 0.1) is 11.7 Å². The lowest BCUT2D eigenvalue weighted by molar-refractivity contribution is -0.123. The van der Waals surface area contributed by atoms with Gasteiger partial charge in [0.25, 0.3) is 0 Å². The average Bonchev–Trinajstić information content (AvgIpc) is 2.80. The number of hydrogen-bond acceptors (Lipinski definition) is 2. The lowest BCUT2D eigenvalue weighted by atomic mass is 9.85. The predicted molar refractivity (Wildman–Crippen MR) is 72.4 cm³/mol. The summed E-state index contributed by atoms with van der Waals surface area (Å²) in [4.78, 5) is 14.3. The van der Waals surface area contributed by atoms with E-state index < -0.39 is 0 Å². The smallest absolute Gasteiger partial charge is 0.230 e. The predicted octanol–water partition coefficient (Wildman–Crippen LogP) is 2.23. The van der Waals surface area contributed by atoms with Crippen molar-refractivity contribution in [1.82, 2.24) is 0 Å². The van der Waals surface area contributed by atoms with Gasteiger partial charge in [0.1, 0.15) is 5.82 Å². The van der Waals surface area contributed by atoms with Crippen LogP contribution in [0.3, 0.4) is 0 Å². The van der Waals surface area contributed by atoms with Gasteiger partial charge in [-0.1, -0.05) is 12.5 Å². The van der Waals surface area contributed by atoms with Crippen LogP contribution in [0.2, 0.25) is 0 Å². The van der Waals surface area contributed by atoms with E-state index in [1.807, 2.05) is 0 Å². The van der Waals surface area contributed by atoms with Crippen LogP contribution in [0.15, 0.2) is 18.2 Å². The highest BCUT2D eigenvalue weighted by Crippen LogP contribution is 2.33. The van der Waals surface area contributed by atoms with Crippen molar-refractivity contribution < 1.29 is 9.18 Å². The molecule has 19 heavy (non-hydrogen) atoms. The fourth-order valence-electron chi connectivity index (χ4n) is 3.25. The first kappa shape index (κ1) is 12.6. The molecule has 1 aromatic rings. The molecule has 3 nitrogen and oxygen atoms in total. The van der Waals surface area contributed by atoms with E-state index in [4.69, 9.17) is 5.73 Å². The Kier molecular flexibility index (Phi) is 3.27. The van der Waals surface area contributed by atoms with Crippen molar-refractivity contribution in [2.24, 2.45) is 11.7 Å². The molecular weight excluding hydrogens is 243 g/mol. The van der Waals surface area contributed by atoms with Gasteiger partial charge in [0.15, 0.2) is 0 Å². The van der Waals surface area contributed by atoms with E-state index in [0.717, 1.165) is 43.4 Å². The molecule has 1 heterocycles. The number of halogens is 1. The van der Waals surface area contributed by atoms with Gasteiger partial charge in [-0.3, -0.25) is 4.79 Å². The number of rotatable bonds is 1. The SMILES string of the molecule is NC1CCCC(C(=O)N2CCc3ccc(F)cc32)C1. The zero-order chi connectivity index (χ0) is 13.4. The van der Waals surface area contributed by atoms with Crippen LogP contribution >= 0.6 is 0 Å². The molecule has 1 fully saturated rings. The Morgan fingerprint density at radius 2 is 2.21 bits per heavy atom. The summed E-state index contributed by atoms with van der Waals surface area (Å²) in [5.74, 6) is -0.142. The third-order valence-corrected chi connectivity index (χ3v) is 4.27. The van der Waals surface area contributed by atoms with Crippen molar-refractivity contribution in [1.29, 1.82) is 0 Å². The van der Waals surface area contributed by atoms with Crippen molar-refractivity contribution in [3.8, 4) is 0 Å². The molecule has 0 aromatic heterocycles. The van der Waals surface area contributed by atoms with Gasteiger partial charge in [-0.25, -0.2) is 4.39 Å². The maximum Gasteiger partial charge on any atom is 0.230 e. The minimum absolute atomic E-state index is 0.0120. The molecule has 2 atom stereocenters. The summed E-state index contributed by atoms with van der Waals surface area (Å²) >= 11 is 0. The third kappa shape index (κ3) is 2.37. The monoisotopic (exact) mass is 262 g/mol. The molecule has 1 aromatic carbocycles. The fraction of sp³-hybridized carbons (Fsp3) is 0.533. The first-order valence-electron chi connectivity index (χ1n) is 7.00. The number of nitrogens with zero attached hydrogens (tertiary/aromatic N) is 1. The number of carbonyl (C=O) groups excluding carboxylic acids is 1. The molecule has 1 saturated carbocycles. The van der Waals surface area contributed by atoms with Gasteiger partial charge in [0.2, 0.25) is 5.91 Å². The zero-order valence-electron chi connectivity index (χ0n) is 10.9. The van der Waals surface area contributed by atoms with Crippen LogP contribution in [0.5, 0.6) is 0 Å². The van der Waals surface area contributed by atoms with Crippen molar-refractivity contribution >= 4 is 11.6 Å². The summed E-state index contributed by atoms with van der Waals surface area (Å²) in [6.45, 7) is 0.670. The highest BCUT2D eigenvalue weighted by atomic mass is 19.1. The second kappa shape index (κ2) is 4.93. The van der Waals surface area contributed by atoms with Crippen LogP contribution in [0.1, 0.15) is 31.2 Å². The van der Waals surface area contributed by atoms with Crippen molar-refractivity contribution in [3.05, 3.63) is 29.6 Å². The topological polar surface area (TPSA) is 46.3 Å². The fourth-order valence-corrected chi connectivity index (χ4v) is 3.25. The standard InChI is InChI=1S/C15H19FN2O/c16-12-5-4-10-6-7-18(14(10)9-12)15(19)11-2-1-3-13(17)8-11/h4-5,9,11,13H,1-3,6-8,17H2. The minimum atomic E-state index is -0.279. The molecule has 1 amide bonds. The lowest BCUT2D eigenvalue weighted by Crippen LogP contribution is -2.40. The van der Waals surface area contributed by atoms with Gasteiger partial charge in [-0.05, 0) is 43.4 Å². The summed E-state index contributed by atoms with van der Waals surface area (Å²) in [5.41, 5.74) is 7.77. The molecule has 1 aliphatic carbocycles. The number of carbonyl (C=O) groups is 1. The van der Waals surface area contributed by atoms with Crippen LogP contribution in [0.4, 0.5) is 10.1 Å². The molecule has 2 N–H and O–H groups in total. The third-order valence-electron chi connectivity index (χ3n) is 4.27. The maximum atomic E-state index is 13.3. The molecule has 4 heteroatoms. The van der Waals surface area contributed by atoms with E-state index in [1.165, 1.54) is 12.1 Å². The second-order valence-electron chi connectivity index (χ2n) is 5.64. The van der Waals surface area contributed by atoms with Gasteiger partial charge in [0.05, 0.1) is 0 Å². The van der Waals surface area contributed by atoms with E-state index >= 15 is 0 Å². The normalized spacial score (nSPS) is 26.3. The van der Waals surface area contributed by atoms with E-state index in [1.54, 1.807) is 11.0 Å². The Labute approximate surface area is 112 Å². The van der Waals surface area contributed by atoms with Gasteiger partial charge in [-0.15, -0.1) is 0 Å². The number of benzene rings is 1. The lowest BCUT2D eigenvalue weighted by Gasteiger charge is -2.29. The van der Waals surface area contributed by atoms with E-state index in [9.17, 15) is 9.18 Å². The maximum absolute atomic E-state index is 13.3. The summed E-state index contributed by atoms with van der Waals surface area (Å²) in [6.07, 6.45) is 4.52. The number of nitrogens with two attached hydrogens (primary N) is 1. The quantitative estimate of drug-likeness (QED) is 0.843. The highest BCUT2D eigenvalue weighted by molar-refractivity contribution is 5.97. The number of amides is 1. The van der Waals surface area contributed by atoms with Gasteiger partial charge >= 0.3 is 0 Å². The first-order valence-corrected chi connectivity index (χ1v) is 7.00. The summed E-state index contributed by atoms with van der Waals surface area (Å²) in [7, 11) is 0. The highest BCUT2D eigenvalue weighted by Gasteiger charge is 2.32. The number of hydrogen-bond donors (Lipinski definition) is 1. The van der Waals surface area contributed by atoms with E-state index in [-0.39, 0.29) is 23.7 Å². The largest absolute Gasteiger partial charge is 0.328 e. The Morgan fingerprint density at radius 1 is 1.37 bits per heavy atom. The molecule has 2 unspecified atom stereocenters. The van der Waals surface area contributed by atoms with Crippen molar-refractivity contribution in [2.45, 2.75) is 38.1 Å². The second-order valence-corrected chi connectivity index (χ2v) is 5.64. The van der Waals surface area contributed by atoms with Crippen LogP contribution in [-0.4, -0.2) is 18.5 Å². The molecule has 2 aliphatic rings. The average molecular weight is 262 g/mol. The molecule has 1 aliphatic heterocycles. The van der Waals surface area contributed by atoms with Crippen molar-refractivity contribution in [2.75, 3.05) is 11.4 Å². The van der Waals surface area contributed by atoms with Crippen LogP contribution in [0.25, 0.3) is 0 Å². The van der Waals surface area contributed by atoms with Gasteiger partial charge in [0, 0.05) is 24.2 Å². The summed E-state index contributed by atoms with van der Waals surface area (Å²) in [6, 6.07) is 4.86. The molecule has 0 radical (unpaired) electrons. The molecule has 0 saturated heterocycles. The summed E-state index contributed by atoms with van der Waals surface area (Å²) in [5, 5.41) is 0. The first-order chi connectivity index (χ1) is 9.15. The Bertz CT molecular complexity index is 503. The van der Waals surface area contributed by atoms with E-state index in [0.29, 0.717) is 6.54 Å². The molecule has 102 valence electrons. The number of anilines is 1. The molecular formula is C15H19FN2O. The van der Waals surface area contributed by atoms with E-state index in [2.05, 4.69) is 0 Å². The van der Waals surface area contributed by atoms with Crippen LogP contribution < -0.4 is 10.6 Å². The van der Waals surface area contributed by atoms with Crippen molar-refractivity contribution in [3.63, 3.8) is 0 Å². The van der Waals surface area contributed by atoms with Gasteiger partial charge < -0.3 is 10.6 Å². The Balaban J connectivity index is 1.81.